The number of piperidine rings is 1. The molecule has 6 heteroatoms. The fraction of sp³-hybridized carbons (Fsp3) is 0.409. The summed E-state index contributed by atoms with van der Waals surface area (Å²) in [6.07, 6.45) is 4.31. The van der Waals surface area contributed by atoms with Crippen molar-refractivity contribution in [2.45, 2.75) is 31.6 Å². The topological polar surface area (TPSA) is 58.1 Å². The van der Waals surface area contributed by atoms with Gasteiger partial charge in [-0.05, 0) is 31.2 Å². The van der Waals surface area contributed by atoms with Crippen LogP contribution in [-0.4, -0.2) is 36.0 Å². The molecule has 5 rings (SSSR count). The smallest absolute Gasteiger partial charge is 0.224 e. The molecule has 2 aliphatic rings. The number of anilines is 1. The molecule has 5 nitrogen and oxygen atoms in total. The van der Waals surface area contributed by atoms with Crippen molar-refractivity contribution in [1.29, 1.82) is 0 Å². The Hall–Kier alpha value is -2.47. The Kier molecular flexibility index (Phi) is 4.51. The van der Waals surface area contributed by atoms with Crippen molar-refractivity contribution < 1.29 is 4.79 Å². The standard InChI is InChI=1S/C22H24N4OS/c1-23-21(27)16-8-5-11-26(12-16)20-18-17(14-6-3-2-4-7-14)13-28-22(18)25-19(24-20)15-9-10-15/h2-4,6-7,13,15-16H,5,8-12H2,1H3,(H,23,27). The first kappa shape index (κ1) is 17.6. The molecule has 28 heavy (non-hydrogen) atoms. The fourth-order valence-corrected chi connectivity index (χ4v) is 5.06. The number of carbonyl (C=O) groups is 1. The monoisotopic (exact) mass is 392 g/mol. The number of hydrogen-bond donors (Lipinski definition) is 1. The van der Waals surface area contributed by atoms with Crippen molar-refractivity contribution in [2.75, 3.05) is 25.0 Å². The molecule has 1 saturated heterocycles. The summed E-state index contributed by atoms with van der Waals surface area (Å²) < 4.78 is 0. The van der Waals surface area contributed by atoms with Crippen LogP contribution in [0.15, 0.2) is 35.7 Å². The van der Waals surface area contributed by atoms with Gasteiger partial charge in [-0.25, -0.2) is 9.97 Å². The Morgan fingerprint density at radius 1 is 1.18 bits per heavy atom. The molecule has 1 unspecified atom stereocenters. The molecular weight excluding hydrogens is 368 g/mol. The number of nitrogens with zero attached hydrogens (tertiary/aromatic N) is 3. The maximum absolute atomic E-state index is 12.3. The van der Waals surface area contributed by atoms with E-state index >= 15 is 0 Å². The Balaban J connectivity index is 1.63. The lowest BCUT2D eigenvalue weighted by Gasteiger charge is -2.33. The Morgan fingerprint density at radius 3 is 2.75 bits per heavy atom. The van der Waals surface area contributed by atoms with Gasteiger partial charge >= 0.3 is 0 Å². The minimum Gasteiger partial charge on any atom is -0.359 e. The number of benzene rings is 1. The van der Waals surface area contributed by atoms with E-state index < -0.39 is 0 Å². The van der Waals surface area contributed by atoms with Crippen LogP contribution in [0.25, 0.3) is 21.3 Å². The van der Waals surface area contributed by atoms with Gasteiger partial charge in [0.15, 0.2) is 0 Å². The molecule has 0 radical (unpaired) electrons. The molecule has 3 aromatic rings. The van der Waals surface area contributed by atoms with Crippen LogP contribution in [0, 0.1) is 5.92 Å². The van der Waals surface area contributed by atoms with E-state index in [1.807, 2.05) is 6.07 Å². The van der Waals surface area contributed by atoms with E-state index in [1.54, 1.807) is 18.4 Å². The number of amides is 1. The Bertz CT molecular complexity index is 1010. The molecular formula is C22H24N4OS. The second-order valence-corrected chi connectivity index (χ2v) is 8.63. The SMILES string of the molecule is CNC(=O)C1CCCN(c2nc(C3CC3)nc3scc(-c4ccccc4)c23)C1. The molecule has 3 heterocycles. The first-order chi connectivity index (χ1) is 13.7. The highest BCUT2D eigenvalue weighted by Gasteiger charge is 2.32. The lowest BCUT2D eigenvalue weighted by molar-refractivity contribution is -0.124. The quantitative estimate of drug-likeness (QED) is 0.723. The molecule has 1 amide bonds. The van der Waals surface area contributed by atoms with E-state index in [1.165, 1.54) is 24.0 Å². The van der Waals surface area contributed by atoms with Gasteiger partial charge in [0.25, 0.3) is 0 Å². The minimum absolute atomic E-state index is 0.0203. The van der Waals surface area contributed by atoms with Crippen molar-refractivity contribution in [3.63, 3.8) is 0 Å². The molecule has 2 fully saturated rings. The third kappa shape index (κ3) is 3.15. The summed E-state index contributed by atoms with van der Waals surface area (Å²) in [7, 11) is 1.72. The number of hydrogen-bond acceptors (Lipinski definition) is 5. The zero-order chi connectivity index (χ0) is 19.1. The average Bonchev–Trinajstić information content (AvgIpc) is 3.52. The van der Waals surface area contributed by atoms with E-state index in [-0.39, 0.29) is 11.8 Å². The number of carbonyl (C=O) groups excluding carboxylic acids is 1. The zero-order valence-electron chi connectivity index (χ0n) is 16.0. The first-order valence-corrected chi connectivity index (χ1v) is 10.9. The second kappa shape index (κ2) is 7.17. The molecule has 0 bridgehead atoms. The van der Waals surface area contributed by atoms with Crippen molar-refractivity contribution in [3.05, 3.63) is 41.5 Å². The summed E-state index contributed by atoms with van der Waals surface area (Å²) in [4.78, 5) is 25.6. The molecule has 1 atom stereocenters. The average molecular weight is 393 g/mol. The highest BCUT2D eigenvalue weighted by Crippen LogP contribution is 2.44. The van der Waals surface area contributed by atoms with Crippen LogP contribution in [0.5, 0.6) is 0 Å². The molecule has 144 valence electrons. The Labute approximate surface area is 168 Å². The van der Waals surface area contributed by atoms with Gasteiger partial charge in [-0.15, -0.1) is 11.3 Å². The van der Waals surface area contributed by atoms with Gasteiger partial charge in [0.1, 0.15) is 16.5 Å². The number of thiophene rings is 1. The normalized spacial score (nSPS) is 19.8. The number of aromatic nitrogens is 2. The largest absolute Gasteiger partial charge is 0.359 e. The third-order valence-corrected chi connectivity index (χ3v) is 6.67. The molecule has 1 aliphatic heterocycles. The van der Waals surface area contributed by atoms with E-state index in [9.17, 15) is 4.79 Å². The lowest BCUT2D eigenvalue weighted by atomic mass is 9.96. The minimum atomic E-state index is 0.0203. The van der Waals surface area contributed by atoms with Gasteiger partial charge in [0, 0.05) is 37.0 Å². The third-order valence-electron chi connectivity index (χ3n) is 5.80. The summed E-state index contributed by atoms with van der Waals surface area (Å²) in [5.41, 5.74) is 2.39. The molecule has 1 saturated carbocycles. The number of rotatable bonds is 4. The summed E-state index contributed by atoms with van der Waals surface area (Å²) in [6, 6.07) is 10.5. The van der Waals surface area contributed by atoms with Crippen LogP contribution in [0.4, 0.5) is 5.82 Å². The van der Waals surface area contributed by atoms with Gasteiger partial charge in [-0.3, -0.25) is 4.79 Å². The van der Waals surface area contributed by atoms with Gasteiger partial charge < -0.3 is 10.2 Å². The maximum atomic E-state index is 12.3. The van der Waals surface area contributed by atoms with Gasteiger partial charge in [-0.2, -0.15) is 0 Å². The van der Waals surface area contributed by atoms with Crippen molar-refractivity contribution in [3.8, 4) is 11.1 Å². The molecule has 0 spiro atoms. The predicted molar refractivity (Wildman–Crippen MR) is 114 cm³/mol. The highest BCUT2D eigenvalue weighted by atomic mass is 32.1. The lowest BCUT2D eigenvalue weighted by Crippen LogP contribution is -2.42. The van der Waals surface area contributed by atoms with Gasteiger partial charge in [0.05, 0.1) is 11.3 Å². The van der Waals surface area contributed by atoms with Crippen LogP contribution >= 0.6 is 11.3 Å². The van der Waals surface area contributed by atoms with Crippen molar-refractivity contribution >= 4 is 33.3 Å². The van der Waals surface area contributed by atoms with Gasteiger partial charge in [-0.1, -0.05) is 30.3 Å². The van der Waals surface area contributed by atoms with Crippen LogP contribution in [0.3, 0.4) is 0 Å². The predicted octanol–water partition coefficient (Wildman–Crippen LogP) is 4.20. The first-order valence-electron chi connectivity index (χ1n) is 10.1. The number of fused-ring (bicyclic) bond motifs is 1. The van der Waals surface area contributed by atoms with Crippen LogP contribution in [0.2, 0.25) is 0 Å². The highest BCUT2D eigenvalue weighted by molar-refractivity contribution is 7.17. The van der Waals surface area contributed by atoms with E-state index in [0.29, 0.717) is 5.92 Å². The van der Waals surface area contributed by atoms with Crippen LogP contribution in [-0.2, 0) is 4.79 Å². The summed E-state index contributed by atoms with van der Waals surface area (Å²) >= 11 is 1.70. The maximum Gasteiger partial charge on any atom is 0.224 e. The van der Waals surface area contributed by atoms with E-state index in [0.717, 1.165) is 47.8 Å². The van der Waals surface area contributed by atoms with E-state index in [2.05, 4.69) is 39.9 Å². The fourth-order valence-electron chi connectivity index (χ4n) is 4.11. The van der Waals surface area contributed by atoms with Crippen molar-refractivity contribution in [2.24, 2.45) is 5.92 Å². The van der Waals surface area contributed by atoms with Crippen molar-refractivity contribution in [1.82, 2.24) is 15.3 Å². The van der Waals surface area contributed by atoms with E-state index in [4.69, 9.17) is 9.97 Å². The molecule has 1 N–H and O–H groups in total. The van der Waals surface area contributed by atoms with Crippen LogP contribution < -0.4 is 10.2 Å². The Morgan fingerprint density at radius 2 is 2.00 bits per heavy atom. The second-order valence-electron chi connectivity index (χ2n) is 7.77. The molecule has 1 aromatic carbocycles. The molecule has 1 aliphatic carbocycles. The zero-order valence-corrected chi connectivity index (χ0v) is 16.8. The van der Waals surface area contributed by atoms with Gasteiger partial charge in [0.2, 0.25) is 5.91 Å². The number of nitrogens with one attached hydrogen (secondary N) is 1. The molecule has 2 aromatic heterocycles. The summed E-state index contributed by atoms with van der Waals surface area (Å²) in [6.45, 7) is 1.66. The summed E-state index contributed by atoms with van der Waals surface area (Å²) in [5.74, 6) is 2.65. The van der Waals surface area contributed by atoms with Crippen LogP contribution in [0.1, 0.15) is 37.4 Å². The summed E-state index contributed by atoms with van der Waals surface area (Å²) in [5, 5.41) is 6.16.